The predicted octanol–water partition coefficient (Wildman–Crippen LogP) is 3.14. The summed E-state index contributed by atoms with van der Waals surface area (Å²) in [7, 11) is 0. The van der Waals surface area contributed by atoms with Gasteiger partial charge >= 0.3 is 0 Å². The first-order valence-electron chi connectivity index (χ1n) is 5.74. The minimum atomic E-state index is -1.28. The number of benzene rings is 1. The van der Waals surface area contributed by atoms with E-state index in [2.05, 4.69) is 10.5 Å². The lowest BCUT2D eigenvalue weighted by Gasteiger charge is -2.19. The highest BCUT2D eigenvalue weighted by atomic mass is 32.2. The van der Waals surface area contributed by atoms with E-state index < -0.39 is 11.4 Å². The highest BCUT2D eigenvalue weighted by Gasteiger charge is 2.27. The van der Waals surface area contributed by atoms with Crippen molar-refractivity contribution in [3.8, 4) is 6.07 Å². The molecule has 0 aliphatic carbocycles. The molecule has 0 bridgehead atoms. The van der Waals surface area contributed by atoms with Crippen molar-refractivity contribution in [1.82, 2.24) is 0 Å². The van der Waals surface area contributed by atoms with Gasteiger partial charge in [-0.3, -0.25) is 0 Å². The van der Waals surface area contributed by atoms with Crippen molar-refractivity contribution in [3.63, 3.8) is 0 Å². The Kier molecular flexibility index (Phi) is 4.55. The Morgan fingerprint density at radius 1 is 1.39 bits per heavy atom. The van der Waals surface area contributed by atoms with Crippen LogP contribution in [0.1, 0.15) is 44.4 Å². The van der Waals surface area contributed by atoms with Gasteiger partial charge in [-0.2, -0.15) is 5.26 Å². The van der Waals surface area contributed by atoms with E-state index in [1.807, 2.05) is 46.8 Å². The molecule has 0 aromatic heterocycles. The van der Waals surface area contributed by atoms with E-state index in [1.165, 1.54) is 0 Å². The summed E-state index contributed by atoms with van der Waals surface area (Å²) in [6.45, 7) is 9.37. The Hall–Kier alpha value is -1.31. The van der Waals surface area contributed by atoms with E-state index in [-0.39, 0.29) is 4.75 Å². The van der Waals surface area contributed by atoms with E-state index in [9.17, 15) is 4.55 Å². The van der Waals surface area contributed by atoms with E-state index in [1.54, 1.807) is 6.07 Å². The average Bonchev–Trinajstić information content (AvgIpc) is 2.27. The molecule has 0 aliphatic rings. The van der Waals surface area contributed by atoms with Gasteiger partial charge in [0.05, 0.1) is 17.3 Å². The summed E-state index contributed by atoms with van der Waals surface area (Å²) in [6.07, 6.45) is 0. The van der Waals surface area contributed by atoms with Crippen LogP contribution in [-0.4, -0.2) is 15.0 Å². The largest absolute Gasteiger partial charge is 0.591 e. The molecule has 0 heterocycles. The molecule has 1 aromatic carbocycles. The molecule has 0 saturated carbocycles. The average molecular weight is 262 g/mol. The fourth-order valence-electron chi connectivity index (χ4n) is 1.46. The molecular weight excluding hydrogens is 244 g/mol. The minimum Gasteiger partial charge on any atom is -0.591 e. The van der Waals surface area contributed by atoms with Crippen LogP contribution in [0.2, 0.25) is 0 Å². The highest BCUT2D eigenvalue weighted by molar-refractivity contribution is 7.91. The molecule has 1 aromatic rings. The van der Waals surface area contributed by atoms with E-state index in [4.69, 9.17) is 5.26 Å². The van der Waals surface area contributed by atoms with Crippen LogP contribution in [0.4, 0.5) is 0 Å². The van der Waals surface area contributed by atoms with Crippen LogP contribution in [0.3, 0.4) is 0 Å². The van der Waals surface area contributed by atoms with Gasteiger partial charge in [-0.15, -0.1) is 0 Å². The maximum absolute atomic E-state index is 12.0. The Bertz CT molecular complexity index is 510. The summed E-state index contributed by atoms with van der Waals surface area (Å²) in [6, 6.07) is 7.63. The van der Waals surface area contributed by atoms with Gasteiger partial charge in [0.15, 0.2) is 0 Å². The van der Waals surface area contributed by atoms with E-state index in [0.717, 1.165) is 11.1 Å². The topological polar surface area (TPSA) is 59.2 Å². The summed E-state index contributed by atoms with van der Waals surface area (Å²) >= 11 is -1.28. The standard InChI is InChI=1S/C14H18N2OS/c1-10-12(9-15)7-6-8-13(10)11(2)16-18(17)14(3,4)5/h6-8H,1-5H3/b16-11+. The third-order valence-corrected chi connectivity index (χ3v) is 4.08. The van der Waals surface area contributed by atoms with Gasteiger partial charge in [-0.1, -0.05) is 16.5 Å². The SMILES string of the molecule is C/C(=N\[S+]([O-])C(C)(C)C)c1cccc(C#N)c1C. The molecule has 0 fully saturated rings. The van der Waals surface area contributed by atoms with Gasteiger partial charge in [0.2, 0.25) is 0 Å². The van der Waals surface area contributed by atoms with E-state index in [0.29, 0.717) is 11.3 Å². The lowest BCUT2D eigenvalue weighted by atomic mass is 10.0. The Labute approximate surface area is 112 Å². The number of rotatable bonds is 2. The van der Waals surface area contributed by atoms with Gasteiger partial charge in [0.1, 0.15) is 16.1 Å². The second-order valence-electron chi connectivity index (χ2n) is 5.13. The molecule has 1 atom stereocenters. The van der Waals surface area contributed by atoms with Crippen LogP contribution in [-0.2, 0) is 11.4 Å². The minimum absolute atomic E-state index is 0.373. The Morgan fingerprint density at radius 2 is 2.00 bits per heavy atom. The van der Waals surface area contributed by atoms with Crippen LogP contribution in [0.15, 0.2) is 22.6 Å². The van der Waals surface area contributed by atoms with Crippen molar-refractivity contribution in [1.29, 1.82) is 5.26 Å². The van der Waals surface area contributed by atoms with Crippen molar-refractivity contribution >= 4 is 17.1 Å². The van der Waals surface area contributed by atoms with Crippen molar-refractivity contribution < 1.29 is 4.55 Å². The number of hydrogen-bond acceptors (Lipinski definition) is 3. The third kappa shape index (κ3) is 3.34. The van der Waals surface area contributed by atoms with Crippen LogP contribution in [0, 0.1) is 18.3 Å². The molecule has 0 spiro atoms. The van der Waals surface area contributed by atoms with Gasteiger partial charge < -0.3 is 4.55 Å². The molecule has 3 nitrogen and oxygen atoms in total. The summed E-state index contributed by atoms with van der Waals surface area (Å²) in [5.74, 6) is 0. The summed E-state index contributed by atoms with van der Waals surface area (Å²) < 4.78 is 15.8. The molecule has 0 N–H and O–H groups in total. The van der Waals surface area contributed by atoms with Crippen molar-refractivity contribution in [3.05, 3.63) is 34.9 Å². The molecule has 4 heteroatoms. The van der Waals surface area contributed by atoms with Gasteiger partial charge in [-0.25, -0.2) is 0 Å². The maximum Gasteiger partial charge on any atom is 0.144 e. The first-order valence-corrected chi connectivity index (χ1v) is 6.85. The van der Waals surface area contributed by atoms with E-state index >= 15 is 0 Å². The molecule has 1 rings (SSSR count). The quantitative estimate of drug-likeness (QED) is 0.607. The first-order chi connectivity index (χ1) is 8.27. The lowest BCUT2D eigenvalue weighted by molar-refractivity contribution is 0.561. The zero-order valence-electron chi connectivity index (χ0n) is 11.4. The monoisotopic (exact) mass is 262 g/mol. The normalized spacial score (nSPS) is 14.2. The van der Waals surface area contributed by atoms with Gasteiger partial charge in [-0.05, 0) is 46.2 Å². The zero-order valence-corrected chi connectivity index (χ0v) is 12.3. The fraction of sp³-hybridized carbons (Fsp3) is 0.429. The second-order valence-corrected chi connectivity index (χ2v) is 7.03. The second kappa shape index (κ2) is 5.55. The first kappa shape index (κ1) is 14.7. The third-order valence-electron chi connectivity index (χ3n) is 2.59. The molecular formula is C14H18N2OS. The molecule has 18 heavy (non-hydrogen) atoms. The number of hydrogen-bond donors (Lipinski definition) is 0. The molecule has 0 saturated heterocycles. The van der Waals surface area contributed by atoms with Gasteiger partial charge in [0, 0.05) is 5.56 Å². The van der Waals surface area contributed by atoms with Crippen molar-refractivity contribution in [2.45, 2.75) is 39.4 Å². The molecule has 96 valence electrons. The summed E-state index contributed by atoms with van der Waals surface area (Å²) in [4.78, 5) is 0. The fourth-order valence-corrected chi connectivity index (χ4v) is 2.08. The maximum atomic E-state index is 12.0. The van der Waals surface area contributed by atoms with Crippen LogP contribution in [0.5, 0.6) is 0 Å². The molecule has 0 aliphatic heterocycles. The van der Waals surface area contributed by atoms with Crippen molar-refractivity contribution in [2.75, 3.05) is 0 Å². The summed E-state index contributed by atoms with van der Waals surface area (Å²) in [5.41, 5.74) is 3.10. The van der Waals surface area contributed by atoms with Crippen LogP contribution >= 0.6 is 0 Å². The van der Waals surface area contributed by atoms with Crippen LogP contribution in [0.25, 0.3) is 0 Å². The zero-order chi connectivity index (χ0) is 13.9. The summed E-state index contributed by atoms with van der Waals surface area (Å²) in [5, 5.41) is 8.99. The smallest absolute Gasteiger partial charge is 0.144 e. The van der Waals surface area contributed by atoms with Crippen LogP contribution < -0.4 is 0 Å². The molecule has 0 radical (unpaired) electrons. The number of nitriles is 1. The Morgan fingerprint density at radius 3 is 2.50 bits per heavy atom. The highest BCUT2D eigenvalue weighted by Crippen LogP contribution is 2.20. The Balaban J connectivity index is 3.17. The molecule has 1 unspecified atom stereocenters. The predicted molar refractivity (Wildman–Crippen MR) is 76.0 cm³/mol. The van der Waals surface area contributed by atoms with Gasteiger partial charge in [0.25, 0.3) is 0 Å². The van der Waals surface area contributed by atoms with Crippen molar-refractivity contribution in [2.24, 2.45) is 4.40 Å². The lowest BCUT2D eigenvalue weighted by Crippen LogP contribution is -2.26. The number of nitrogens with zero attached hydrogens (tertiary/aromatic N) is 2. The molecule has 0 amide bonds.